The van der Waals surface area contributed by atoms with E-state index < -0.39 is 0 Å². The van der Waals surface area contributed by atoms with Crippen molar-refractivity contribution in [1.29, 1.82) is 0 Å². The molecular weight excluding hydrogens is 181 g/mol. The first-order valence-corrected chi connectivity index (χ1v) is 4.00. The van der Waals surface area contributed by atoms with Crippen molar-refractivity contribution >= 4 is 12.2 Å². The number of nitrogens with two attached hydrogens (primary N) is 1. The molecular formula is C7H8FNO2S. The first-order chi connectivity index (χ1) is 5.74. The highest BCUT2D eigenvalue weighted by Gasteiger charge is 1.99. The predicted octanol–water partition coefficient (Wildman–Crippen LogP) is 1.97. The monoisotopic (exact) mass is 189 g/mol. The lowest BCUT2D eigenvalue weighted by Crippen LogP contribution is -1.93. The molecule has 5 heteroatoms. The van der Waals surface area contributed by atoms with Crippen LogP contribution in [-0.2, 0) is 4.33 Å². The summed E-state index contributed by atoms with van der Waals surface area (Å²) < 4.78 is 17.1. The van der Waals surface area contributed by atoms with E-state index in [4.69, 9.17) is 5.14 Å². The summed E-state index contributed by atoms with van der Waals surface area (Å²) >= 11 is 0.591. The van der Waals surface area contributed by atoms with E-state index >= 15 is 0 Å². The molecule has 2 N–H and O–H groups in total. The molecule has 0 bridgehead atoms. The molecule has 0 heterocycles. The van der Waals surface area contributed by atoms with Gasteiger partial charge in [0.25, 0.3) is 0 Å². The summed E-state index contributed by atoms with van der Waals surface area (Å²) in [4.78, 5) is 4.66. The Morgan fingerprint density at radius 1 is 1.50 bits per heavy atom. The molecule has 0 aromatic heterocycles. The fourth-order valence-electron chi connectivity index (χ4n) is 0.728. The van der Waals surface area contributed by atoms with Crippen LogP contribution in [0.3, 0.4) is 0 Å². The minimum Gasteiger partial charge on any atom is -0.324 e. The molecule has 0 atom stereocenters. The summed E-state index contributed by atoms with van der Waals surface area (Å²) in [6, 6.07) is 4.28. The van der Waals surface area contributed by atoms with E-state index in [-0.39, 0.29) is 5.82 Å². The van der Waals surface area contributed by atoms with Crippen LogP contribution in [0.15, 0.2) is 18.2 Å². The van der Waals surface area contributed by atoms with Crippen molar-refractivity contribution in [2.75, 3.05) is 0 Å². The Morgan fingerprint density at radius 2 is 2.25 bits per heavy atom. The van der Waals surface area contributed by atoms with Crippen molar-refractivity contribution in [3.63, 3.8) is 0 Å². The molecule has 1 rings (SSSR count). The van der Waals surface area contributed by atoms with Crippen molar-refractivity contribution in [3.8, 4) is 5.75 Å². The second kappa shape index (κ2) is 4.30. The zero-order valence-corrected chi connectivity index (χ0v) is 7.23. The van der Waals surface area contributed by atoms with E-state index in [1.54, 1.807) is 6.92 Å². The molecule has 0 amide bonds. The number of rotatable bonds is 3. The number of benzene rings is 1. The van der Waals surface area contributed by atoms with Gasteiger partial charge in [-0.3, -0.25) is 5.14 Å². The third-order valence-electron chi connectivity index (χ3n) is 1.30. The van der Waals surface area contributed by atoms with Gasteiger partial charge >= 0.3 is 0 Å². The Bertz CT molecular complexity index is 270. The van der Waals surface area contributed by atoms with Crippen LogP contribution in [0.5, 0.6) is 5.75 Å². The highest BCUT2D eigenvalue weighted by molar-refractivity contribution is 7.92. The summed E-state index contributed by atoms with van der Waals surface area (Å²) in [7, 11) is 0. The van der Waals surface area contributed by atoms with Gasteiger partial charge in [0, 0.05) is 0 Å². The van der Waals surface area contributed by atoms with E-state index in [9.17, 15) is 4.39 Å². The Balaban J connectivity index is 2.69. The Hall–Kier alpha value is -0.780. The standard InChI is InChI=1S/C7H8FNO2S/c1-5-4-6(10-11-12-9)2-3-7(5)8/h2-4H,9H2,1H3. The van der Waals surface area contributed by atoms with E-state index in [0.29, 0.717) is 23.5 Å². The molecule has 0 unspecified atom stereocenters. The predicted molar refractivity (Wildman–Crippen MR) is 44.6 cm³/mol. The minimum absolute atomic E-state index is 0.275. The van der Waals surface area contributed by atoms with Gasteiger partial charge in [-0.2, -0.15) is 0 Å². The van der Waals surface area contributed by atoms with Crippen molar-refractivity contribution in [1.82, 2.24) is 0 Å². The Morgan fingerprint density at radius 3 is 2.83 bits per heavy atom. The molecule has 0 spiro atoms. The average molecular weight is 189 g/mol. The maximum atomic E-state index is 12.7. The highest BCUT2D eigenvalue weighted by atomic mass is 32.2. The lowest BCUT2D eigenvalue weighted by atomic mass is 10.2. The lowest BCUT2D eigenvalue weighted by molar-refractivity contribution is -0.0778. The van der Waals surface area contributed by atoms with Gasteiger partial charge in [-0.1, -0.05) is 4.33 Å². The average Bonchev–Trinajstić information content (AvgIpc) is 2.07. The second-order valence-electron chi connectivity index (χ2n) is 2.16. The van der Waals surface area contributed by atoms with Crippen molar-refractivity contribution in [3.05, 3.63) is 29.6 Å². The molecule has 0 aliphatic rings. The van der Waals surface area contributed by atoms with Crippen molar-refractivity contribution in [2.24, 2.45) is 5.14 Å². The molecule has 1 aromatic rings. The van der Waals surface area contributed by atoms with Crippen LogP contribution in [0.25, 0.3) is 0 Å². The maximum absolute atomic E-state index is 12.7. The molecule has 0 radical (unpaired) electrons. The summed E-state index contributed by atoms with van der Waals surface area (Å²) in [6.07, 6.45) is 0. The van der Waals surface area contributed by atoms with Crippen LogP contribution in [0.4, 0.5) is 4.39 Å². The molecule has 3 nitrogen and oxygen atoms in total. The summed E-state index contributed by atoms with van der Waals surface area (Å²) in [5, 5.41) is 4.94. The SMILES string of the molecule is Cc1cc(OOSN)ccc1F. The third-order valence-corrected chi connectivity index (χ3v) is 1.45. The number of hydrogen-bond donors (Lipinski definition) is 1. The fourth-order valence-corrected chi connectivity index (χ4v) is 0.846. The van der Waals surface area contributed by atoms with Gasteiger partial charge in [-0.25, -0.2) is 4.39 Å². The first-order valence-electron chi connectivity index (χ1n) is 3.20. The van der Waals surface area contributed by atoms with Crippen molar-refractivity contribution < 1.29 is 13.6 Å². The highest BCUT2D eigenvalue weighted by Crippen LogP contribution is 2.16. The third kappa shape index (κ3) is 2.37. The molecule has 66 valence electrons. The van der Waals surface area contributed by atoms with Crippen molar-refractivity contribution in [2.45, 2.75) is 6.92 Å². The van der Waals surface area contributed by atoms with Gasteiger partial charge in [0.1, 0.15) is 18.0 Å². The van der Waals surface area contributed by atoms with Crippen LogP contribution in [0, 0.1) is 12.7 Å². The first kappa shape index (κ1) is 9.31. The van der Waals surface area contributed by atoms with Crippen LogP contribution in [0.2, 0.25) is 0 Å². The number of aryl methyl sites for hydroxylation is 1. The van der Waals surface area contributed by atoms with Crippen LogP contribution < -0.4 is 10.0 Å². The topological polar surface area (TPSA) is 44.5 Å². The Kier molecular flexibility index (Phi) is 3.33. The van der Waals surface area contributed by atoms with Crippen LogP contribution >= 0.6 is 12.2 Å². The molecule has 1 aromatic carbocycles. The quantitative estimate of drug-likeness (QED) is 0.341. The minimum atomic E-state index is -0.275. The van der Waals surface area contributed by atoms with Crippen LogP contribution in [-0.4, -0.2) is 0 Å². The molecule has 0 aliphatic heterocycles. The molecule has 0 aliphatic carbocycles. The zero-order chi connectivity index (χ0) is 8.97. The number of hydrogen-bond acceptors (Lipinski definition) is 4. The van der Waals surface area contributed by atoms with E-state index in [1.807, 2.05) is 0 Å². The summed E-state index contributed by atoms with van der Waals surface area (Å²) in [5.74, 6) is 0.148. The van der Waals surface area contributed by atoms with Gasteiger partial charge < -0.3 is 4.89 Å². The molecule has 0 fully saturated rings. The zero-order valence-electron chi connectivity index (χ0n) is 6.41. The van der Waals surface area contributed by atoms with Gasteiger partial charge in [-0.05, 0) is 30.7 Å². The maximum Gasteiger partial charge on any atom is 0.167 e. The van der Waals surface area contributed by atoms with E-state index in [2.05, 4.69) is 9.22 Å². The summed E-state index contributed by atoms with van der Waals surface area (Å²) in [6.45, 7) is 1.64. The molecule has 0 saturated carbocycles. The smallest absolute Gasteiger partial charge is 0.167 e. The summed E-state index contributed by atoms with van der Waals surface area (Å²) in [5.41, 5.74) is 0.498. The lowest BCUT2D eigenvalue weighted by Gasteiger charge is -2.01. The van der Waals surface area contributed by atoms with E-state index in [1.165, 1.54) is 18.2 Å². The van der Waals surface area contributed by atoms with Gasteiger partial charge in [-0.15, -0.1) is 0 Å². The fraction of sp³-hybridized carbons (Fsp3) is 0.143. The normalized spacial score (nSPS) is 9.92. The number of halogens is 1. The molecule has 12 heavy (non-hydrogen) atoms. The van der Waals surface area contributed by atoms with Gasteiger partial charge in [0.2, 0.25) is 0 Å². The Labute approximate surface area is 73.9 Å². The molecule has 0 saturated heterocycles. The second-order valence-corrected chi connectivity index (χ2v) is 2.49. The largest absolute Gasteiger partial charge is 0.324 e. The van der Waals surface area contributed by atoms with E-state index in [0.717, 1.165) is 0 Å². The van der Waals surface area contributed by atoms with Crippen LogP contribution in [0.1, 0.15) is 5.56 Å². The van der Waals surface area contributed by atoms with Gasteiger partial charge in [0.15, 0.2) is 5.75 Å². The van der Waals surface area contributed by atoms with Gasteiger partial charge in [0.05, 0.1) is 0 Å².